The lowest BCUT2D eigenvalue weighted by Crippen LogP contribution is -2.58. The first-order chi connectivity index (χ1) is 9.08. The third-order valence-electron chi connectivity index (χ3n) is 2.93. The van der Waals surface area contributed by atoms with Crippen LogP contribution in [-0.2, 0) is 9.53 Å². The average molecular weight is 330 g/mol. The molecule has 1 rings (SSSR count). The Bertz CT molecular complexity index is 457. The number of hydrogen-bond donors (Lipinski definition) is 0. The van der Waals surface area contributed by atoms with E-state index in [4.69, 9.17) is 0 Å². The van der Waals surface area contributed by atoms with Gasteiger partial charge >= 0.3 is 29.7 Å². The molecule has 0 atom stereocenters. The van der Waals surface area contributed by atoms with Gasteiger partial charge in [-0.05, 0) is 6.92 Å². The van der Waals surface area contributed by atoms with Crippen molar-refractivity contribution in [1.29, 1.82) is 0 Å². The van der Waals surface area contributed by atoms with Crippen LogP contribution in [0.25, 0.3) is 0 Å². The predicted molar refractivity (Wildman–Crippen MR) is 49.4 cm³/mol. The minimum Gasteiger partial charge on any atom is -0.458 e. The van der Waals surface area contributed by atoms with Crippen LogP contribution in [0.15, 0.2) is 12.2 Å². The summed E-state index contributed by atoms with van der Waals surface area (Å²) in [6.07, 6.45) is 0. The summed E-state index contributed by atoms with van der Waals surface area (Å²) in [4.78, 5) is 10.8. The van der Waals surface area contributed by atoms with Crippen molar-refractivity contribution >= 4 is 5.97 Å². The Morgan fingerprint density at radius 1 is 0.857 bits per heavy atom. The maximum atomic E-state index is 13.7. The number of rotatable bonds is 3. The summed E-state index contributed by atoms with van der Waals surface area (Å²) in [5, 5.41) is 0. The zero-order valence-electron chi connectivity index (χ0n) is 10.1. The van der Waals surface area contributed by atoms with E-state index in [1.54, 1.807) is 0 Å². The monoisotopic (exact) mass is 330 g/mol. The number of carbonyl (C=O) groups excluding carboxylic acids is 1. The Morgan fingerprint density at radius 2 is 1.19 bits per heavy atom. The van der Waals surface area contributed by atoms with Crippen molar-refractivity contribution in [3.63, 3.8) is 0 Å². The second kappa shape index (κ2) is 4.29. The number of ether oxygens (including phenoxy) is 1. The number of hydrogen-bond acceptors (Lipinski definition) is 2. The molecule has 0 aliphatic heterocycles. The lowest BCUT2D eigenvalue weighted by atomic mass is 9.98. The summed E-state index contributed by atoms with van der Waals surface area (Å²) in [6.45, 7) is 1.10. The van der Waals surface area contributed by atoms with Gasteiger partial charge in [0, 0.05) is 5.57 Å². The molecule has 1 aliphatic rings. The van der Waals surface area contributed by atoms with Crippen LogP contribution in [0.4, 0.5) is 39.5 Å². The quantitative estimate of drug-likeness (QED) is 0.451. The molecule has 0 bridgehead atoms. The van der Waals surface area contributed by atoms with Crippen LogP contribution in [0.1, 0.15) is 6.92 Å². The first-order valence-corrected chi connectivity index (χ1v) is 5.10. The van der Waals surface area contributed by atoms with Gasteiger partial charge in [-0.1, -0.05) is 6.58 Å². The van der Waals surface area contributed by atoms with Crippen LogP contribution in [0.3, 0.4) is 0 Å². The van der Waals surface area contributed by atoms with E-state index in [9.17, 15) is 44.3 Å². The SMILES string of the molecule is C=C(C)C(=O)OCC1(F)C(F)(F)C(F)(F)C(F)(F)C1(F)F. The van der Waals surface area contributed by atoms with E-state index >= 15 is 0 Å². The smallest absolute Gasteiger partial charge is 0.382 e. The molecule has 0 N–H and O–H groups in total. The molecule has 0 heterocycles. The van der Waals surface area contributed by atoms with Gasteiger partial charge in [0.2, 0.25) is 0 Å². The molecule has 0 saturated heterocycles. The van der Waals surface area contributed by atoms with Crippen molar-refractivity contribution in [2.75, 3.05) is 6.61 Å². The molecule has 122 valence electrons. The van der Waals surface area contributed by atoms with Gasteiger partial charge in [-0.25, -0.2) is 9.18 Å². The Hall–Kier alpha value is -1.42. The zero-order valence-corrected chi connectivity index (χ0v) is 10.1. The minimum atomic E-state index is -6.67. The van der Waals surface area contributed by atoms with Crippen molar-refractivity contribution < 1.29 is 49.0 Å². The number of carbonyl (C=O) groups is 1. The first kappa shape index (κ1) is 17.6. The highest BCUT2D eigenvalue weighted by molar-refractivity contribution is 5.87. The average Bonchev–Trinajstić information content (AvgIpc) is 2.37. The maximum Gasteiger partial charge on any atom is 0.382 e. The number of halogens is 9. The summed E-state index contributed by atoms with van der Waals surface area (Å²) in [7, 11) is 0. The van der Waals surface area contributed by atoms with Gasteiger partial charge < -0.3 is 4.74 Å². The second-order valence-corrected chi connectivity index (χ2v) is 4.46. The third-order valence-corrected chi connectivity index (χ3v) is 2.93. The van der Waals surface area contributed by atoms with Crippen molar-refractivity contribution in [3.05, 3.63) is 12.2 Å². The molecule has 11 heteroatoms. The lowest BCUT2D eigenvalue weighted by molar-refractivity contribution is -0.303. The fraction of sp³-hybridized carbons (Fsp3) is 0.700. The van der Waals surface area contributed by atoms with Crippen LogP contribution in [0.2, 0.25) is 0 Å². The molecule has 21 heavy (non-hydrogen) atoms. The third kappa shape index (κ3) is 1.78. The van der Waals surface area contributed by atoms with Crippen LogP contribution >= 0.6 is 0 Å². The molecular weight excluding hydrogens is 323 g/mol. The summed E-state index contributed by atoms with van der Waals surface area (Å²) >= 11 is 0. The molecule has 1 saturated carbocycles. The topological polar surface area (TPSA) is 26.3 Å². The van der Waals surface area contributed by atoms with Gasteiger partial charge in [-0.3, -0.25) is 0 Å². The van der Waals surface area contributed by atoms with Gasteiger partial charge in [0.25, 0.3) is 5.67 Å². The Balaban J connectivity index is 3.32. The van der Waals surface area contributed by atoms with Crippen molar-refractivity contribution in [3.8, 4) is 0 Å². The molecule has 0 radical (unpaired) electrons. The van der Waals surface area contributed by atoms with Gasteiger partial charge in [-0.15, -0.1) is 0 Å². The highest BCUT2D eigenvalue weighted by atomic mass is 19.4. The minimum absolute atomic E-state index is 0.568. The Kier molecular flexibility index (Phi) is 3.60. The van der Waals surface area contributed by atoms with Gasteiger partial charge in [0.1, 0.15) is 6.61 Å². The molecular formula is C10H7F9O2. The van der Waals surface area contributed by atoms with E-state index in [-0.39, 0.29) is 0 Å². The first-order valence-electron chi connectivity index (χ1n) is 5.10. The van der Waals surface area contributed by atoms with Crippen LogP contribution in [-0.4, -0.2) is 41.9 Å². The molecule has 0 spiro atoms. The summed E-state index contributed by atoms with van der Waals surface area (Å²) < 4.78 is 121. The molecule has 1 aliphatic carbocycles. The predicted octanol–water partition coefficient (Wildman–Crippen LogP) is 3.37. The molecule has 0 aromatic carbocycles. The van der Waals surface area contributed by atoms with Gasteiger partial charge in [-0.2, -0.15) is 35.1 Å². The summed E-state index contributed by atoms with van der Waals surface area (Å²) in [6, 6.07) is 0. The van der Waals surface area contributed by atoms with Crippen molar-refractivity contribution in [2.45, 2.75) is 36.3 Å². The number of alkyl halides is 9. The van der Waals surface area contributed by atoms with E-state index < -0.39 is 47.5 Å². The maximum absolute atomic E-state index is 13.7. The summed E-state index contributed by atoms with van der Waals surface area (Å²) in [5.41, 5.74) is -6.35. The largest absolute Gasteiger partial charge is 0.458 e. The molecule has 0 unspecified atom stereocenters. The normalized spacial score (nSPS) is 27.1. The molecule has 1 fully saturated rings. The fourth-order valence-electron chi connectivity index (χ4n) is 1.56. The van der Waals surface area contributed by atoms with E-state index in [2.05, 4.69) is 11.3 Å². The van der Waals surface area contributed by atoms with Crippen LogP contribution < -0.4 is 0 Å². The standard InChI is InChI=1S/C10H7F9O2/c1-4(2)5(20)21-3-6(11)7(12,13)9(16,17)10(18,19)8(6,14)15/h1,3H2,2H3. The fourth-order valence-corrected chi connectivity index (χ4v) is 1.56. The van der Waals surface area contributed by atoms with E-state index in [1.165, 1.54) is 0 Å². The van der Waals surface area contributed by atoms with E-state index in [0.29, 0.717) is 0 Å². The van der Waals surface area contributed by atoms with Crippen molar-refractivity contribution in [1.82, 2.24) is 0 Å². The molecule has 0 amide bonds. The van der Waals surface area contributed by atoms with Gasteiger partial charge in [0.15, 0.2) is 0 Å². The van der Waals surface area contributed by atoms with Crippen LogP contribution in [0, 0.1) is 0 Å². The zero-order chi connectivity index (χ0) is 17.1. The summed E-state index contributed by atoms with van der Waals surface area (Å²) in [5.74, 6) is -28.0. The molecule has 0 aromatic rings. The van der Waals surface area contributed by atoms with E-state index in [1.807, 2.05) is 0 Å². The van der Waals surface area contributed by atoms with Crippen LogP contribution in [0.5, 0.6) is 0 Å². The number of esters is 1. The molecule has 2 nitrogen and oxygen atoms in total. The Labute approximate surface area is 111 Å². The van der Waals surface area contributed by atoms with Gasteiger partial charge in [0.05, 0.1) is 0 Å². The Morgan fingerprint density at radius 3 is 1.48 bits per heavy atom. The molecule has 0 aromatic heterocycles. The van der Waals surface area contributed by atoms with E-state index in [0.717, 1.165) is 6.92 Å². The highest BCUT2D eigenvalue weighted by Gasteiger charge is 3.00. The second-order valence-electron chi connectivity index (χ2n) is 4.46. The lowest BCUT2D eigenvalue weighted by Gasteiger charge is -2.30. The highest BCUT2D eigenvalue weighted by Crippen LogP contribution is 2.69. The van der Waals surface area contributed by atoms with Crippen molar-refractivity contribution in [2.24, 2.45) is 0 Å².